The van der Waals surface area contributed by atoms with Crippen molar-refractivity contribution in [3.63, 3.8) is 0 Å². The van der Waals surface area contributed by atoms with E-state index in [0.29, 0.717) is 6.54 Å². The van der Waals surface area contributed by atoms with E-state index in [1.54, 1.807) is 11.3 Å². The van der Waals surface area contributed by atoms with Gasteiger partial charge >= 0.3 is 0 Å². The molecule has 0 aliphatic heterocycles. The molecule has 0 saturated heterocycles. The van der Waals surface area contributed by atoms with Crippen LogP contribution in [0.5, 0.6) is 0 Å². The number of hydrogen-bond donors (Lipinski definition) is 1. The second-order valence-corrected chi connectivity index (χ2v) is 7.40. The van der Waals surface area contributed by atoms with Gasteiger partial charge in [0.1, 0.15) is 0 Å². The number of benzene rings is 1. The number of carbonyl (C=O) groups is 1. The molecular weight excluding hydrogens is 344 g/mol. The van der Waals surface area contributed by atoms with Crippen molar-refractivity contribution in [3.05, 3.63) is 76.6 Å². The van der Waals surface area contributed by atoms with Crippen LogP contribution < -0.4 is 5.32 Å². The molecule has 0 fully saturated rings. The summed E-state index contributed by atoms with van der Waals surface area (Å²) in [5, 5.41) is 11.2. The molecule has 5 nitrogen and oxygen atoms in total. The molecule has 1 aliphatic rings. The van der Waals surface area contributed by atoms with Crippen molar-refractivity contribution in [2.45, 2.75) is 19.4 Å². The molecule has 1 N–H and O–H groups in total. The molecule has 0 spiro atoms. The summed E-state index contributed by atoms with van der Waals surface area (Å²) in [6, 6.07) is 16.2. The maximum absolute atomic E-state index is 12.6. The van der Waals surface area contributed by atoms with Crippen molar-refractivity contribution in [1.82, 2.24) is 19.9 Å². The number of aromatic nitrogens is 3. The zero-order valence-electron chi connectivity index (χ0n) is 14.0. The first-order valence-corrected chi connectivity index (χ1v) is 9.39. The summed E-state index contributed by atoms with van der Waals surface area (Å²) in [6.07, 6.45) is 3.93. The molecule has 0 saturated carbocycles. The first-order chi connectivity index (χ1) is 12.8. The first kappa shape index (κ1) is 15.3. The van der Waals surface area contributed by atoms with E-state index in [1.807, 2.05) is 34.9 Å². The van der Waals surface area contributed by atoms with Crippen LogP contribution in [0, 0.1) is 0 Å². The quantitative estimate of drug-likeness (QED) is 0.608. The third-order valence-corrected chi connectivity index (χ3v) is 5.96. The lowest BCUT2D eigenvalue weighted by atomic mass is 9.91. The van der Waals surface area contributed by atoms with Gasteiger partial charge < -0.3 is 5.32 Å². The molecule has 0 atom stereocenters. The van der Waals surface area contributed by atoms with E-state index in [-0.39, 0.29) is 5.91 Å². The van der Waals surface area contributed by atoms with Gasteiger partial charge in [0, 0.05) is 11.1 Å². The highest BCUT2D eigenvalue weighted by atomic mass is 32.1. The third kappa shape index (κ3) is 2.50. The lowest BCUT2D eigenvalue weighted by Crippen LogP contribution is -2.23. The zero-order valence-corrected chi connectivity index (χ0v) is 14.8. The number of aryl methyl sites for hydroxylation is 2. The number of hydrogen-bond acceptors (Lipinski definition) is 4. The number of amides is 1. The average Bonchev–Trinajstić information content (AvgIpc) is 3.30. The minimum Gasteiger partial charge on any atom is -0.344 e. The van der Waals surface area contributed by atoms with E-state index in [2.05, 4.69) is 39.8 Å². The fourth-order valence-electron chi connectivity index (χ4n) is 3.44. The van der Waals surface area contributed by atoms with Gasteiger partial charge in [-0.3, -0.25) is 9.20 Å². The molecule has 26 heavy (non-hydrogen) atoms. The molecule has 0 radical (unpaired) electrons. The van der Waals surface area contributed by atoms with E-state index in [9.17, 15) is 4.79 Å². The Morgan fingerprint density at radius 2 is 1.92 bits per heavy atom. The maximum atomic E-state index is 12.6. The Morgan fingerprint density at radius 3 is 2.88 bits per heavy atom. The molecule has 1 amide bonds. The van der Waals surface area contributed by atoms with E-state index < -0.39 is 0 Å². The number of nitrogens with one attached hydrogen (secondary N) is 1. The van der Waals surface area contributed by atoms with Crippen molar-refractivity contribution in [3.8, 4) is 10.4 Å². The highest BCUT2D eigenvalue weighted by molar-refractivity contribution is 7.17. The van der Waals surface area contributed by atoms with Crippen LogP contribution in [0.3, 0.4) is 0 Å². The Morgan fingerprint density at radius 1 is 1.08 bits per heavy atom. The fraction of sp³-hybridized carbons (Fsp3) is 0.150. The molecule has 3 aromatic heterocycles. The van der Waals surface area contributed by atoms with Gasteiger partial charge in [-0.05, 0) is 47.7 Å². The van der Waals surface area contributed by atoms with Crippen LogP contribution in [-0.2, 0) is 19.4 Å². The summed E-state index contributed by atoms with van der Waals surface area (Å²) in [5.74, 6) is 0.662. The van der Waals surface area contributed by atoms with Crippen molar-refractivity contribution < 1.29 is 4.79 Å². The summed E-state index contributed by atoms with van der Waals surface area (Å²) < 4.78 is 1.88. The Kier molecular flexibility index (Phi) is 3.57. The SMILES string of the molecule is O=C(NCc1nnc2ccccn12)c1cc2c(s1)-c1ccccc1CC2. The van der Waals surface area contributed by atoms with Crippen LogP contribution in [0.4, 0.5) is 0 Å². The molecule has 5 rings (SSSR count). The third-order valence-electron chi connectivity index (χ3n) is 4.75. The van der Waals surface area contributed by atoms with Crippen molar-refractivity contribution in [2.24, 2.45) is 0 Å². The van der Waals surface area contributed by atoms with Crippen LogP contribution in [0.1, 0.15) is 26.6 Å². The minimum atomic E-state index is -0.0606. The molecule has 128 valence electrons. The second-order valence-electron chi connectivity index (χ2n) is 6.35. The smallest absolute Gasteiger partial charge is 0.261 e. The summed E-state index contributed by atoms with van der Waals surface area (Å²) in [6.45, 7) is 0.350. The normalized spacial score (nSPS) is 12.6. The summed E-state index contributed by atoms with van der Waals surface area (Å²) in [7, 11) is 0. The van der Waals surface area contributed by atoms with Crippen molar-refractivity contribution in [2.75, 3.05) is 0 Å². The van der Waals surface area contributed by atoms with Gasteiger partial charge in [0.15, 0.2) is 11.5 Å². The average molecular weight is 360 g/mol. The van der Waals surface area contributed by atoms with Crippen LogP contribution in [-0.4, -0.2) is 20.5 Å². The summed E-state index contributed by atoms with van der Waals surface area (Å²) >= 11 is 1.57. The molecule has 3 heterocycles. The Bertz CT molecular complexity index is 1130. The number of rotatable bonds is 3. The number of fused-ring (bicyclic) bond motifs is 4. The molecule has 1 aromatic carbocycles. The van der Waals surface area contributed by atoms with Gasteiger partial charge in [-0.15, -0.1) is 21.5 Å². The standard InChI is InChI=1S/C20H16N4OS/c25-20(21-12-18-23-22-17-7-3-4-10-24(17)18)16-11-14-9-8-13-5-1-2-6-15(13)19(14)26-16/h1-7,10-11H,8-9,12H2,(H,21,25). The largest absolute Gasteiger partial charge is 0.344 e. The van der Waals surface area contributed by atoms with Gasteiger partial charge in [-0.1, -0.05) is 30.3 Å². The number of carbonyl (C=O) groups excluding carboxylic acids is 1. The topological polar surface area (TPSA) is 59.3 Å². The summed E-state index contributed by atoms with van der Waals surface area (Å²) in [4.78, 5) is 14.6. The van der Waals surface area contributed by atoms with Gasteiger partial charge in [0.05, 0.1) is 11.4 Å². The highest BCUT2D eigenvalue weighted by Gasteiger charge is 2.21. The van der Waals surface area contributed by atoms with Gasteiger partial charge in [-0.25, -0.2) is 0 Å². The molecule has 1 aliphatic carbocycles. The molecule has 0 unspecified atom stereocenters. The molecule has 6 heteroatoms. The predicted octanol–water partition coefficient (Wildman–Crippen LogP) is 3.49. The minimum absolute atomic E-state index is 0.0606. The zero-order chi connectivity index (χ0) is 17.5. The van der Waals surface area contributed by atoms with Gasteiger partial charge in [0.25, 0.3) is 5.91 Å². The van der Waals surface area contributed by atoms with Crippen molar-refractivity contribution >= 4 is 22.9 Å². The Balaban J connectivity index is 1.38. The molecule has 4 aromatic rings. The lowest BCUT2D eigenvalue weighted by molar-refractivity contribution is 0.0954. The second kappa shape index (κ2) is 6.07. The van der Waals surface area contributed by atoms with Gasteiger partial charge in [0.2, 0.25) is 0 Å². The van der Waals surface area contributed by atoms with Crippen LogP contribution in [0.15, 0.2) is 54.7 Å². The molecule has 0 bridgehead atoms. The Labute approximate surface area is 154 Å². The summed E-state index contributed by atoms with van der Waals surface area (Å²) in [5.41, 5.74) is 4.68. The number of thiophene rings is 1. The number of pyridine rings is 1. The Hall–Kier alpha value is -2.99. The van der Waals surface area contributed by atoms with Gasteiger partial charge in [-0.2, -0.15) is 0 Å². The molecular formula is C20H16N4OS. The monoisotopic (exact) mass is 360 g/mol. The first-order valence-electron chi connectivity index (χ1n) is 8.57. The van der Waals surface area contributed by atoms with Crippen LogP contribution in [0.2, 0.25) is 0 Å². The van der Waals surface area contributed by atoms with E-state index in [0.717, 1.165) is 29.2 Å². The lowest BCUT2D eigenvalue weighted by Gasteiger charge is -2.15. The van der Waals surface area contributed by atoms with E-state index in [4.69, 9.17) is 0 Å². The predicted molar refractivity (Wildman–Crippen MR) is 101 cm³/mol. The van der Waals surface area contributed by atoms with Crippen LogP contribution >= 0.6 is 11.3 Å². The highest BCUT2D eigenvalue weighted by Crippen LogP contribution is 2.39. The number of nitrogens with zero attached hydrogens (tertiary/aromatic N) is 3. The van der Waals surface area contributed by atoms with Crippen molar-refractivity contribution in [1.29, 1.82) is 0 Å². The maximum Gasteiger partial charge on any atom is 0.261 e. The van der Waals surface area contributed by atoms with E-state index in [1.165, 1.54) is 21.6 Å². The fourth-order valence-corrected chi connectivity index (χ4v) is 4.63. The van der Waals surface area contributed by atoms with Crippen LogP contribution in [0.25, 0.3) is 16.1 Å². The van der Waals surface area contributed by atoms with E-state index >= 15 is 0 Å².